The van der Waals surface area contributed by atoms with Crippen LogP contribution in [-0.4, -0.2) is 53.1 Å². The Bertz CT molecular complexity index is 545. The summed E-state index contributed by atoms with van der Waals surface area (Å²) in [5.74, 6) is -0.754. The molecule has 0 saturated carbocycles. The minimum Gasteiger partial charge on any atom is -0.480 e. The van der Waals surface area contributed by atoms with E-state index >= 15 is 0 Å². The minimum absolute atomic E-state index is 0.125. The molecule has 1 atom stereocenters. The first-order valence-corrected chi connectivity index (χ1v) is 8.82. The number of piperidine rings is 1. The van der Waals surface area contributed by atoms with Crippen LogP contribution in [0.1, 0.15) is 38.3 Å². The van der Waals surface area contributed by atoms with E-state index in [9.17, 15) is 4.79 Å². The van der Waals surface area contributed by atoms with E-state index in [4.69, 9.17) is 28.3 Å². The van der Waals surface area contributed by atoms with Crippen LogP contribution in [-0.2, 0) is 4.79 Å². The molecule has 0 aliphatic carbocycles. The number of nitrogens with zero attached hydrogens (tertiary/aromatic N) is 2. The Hall–Kier alpha value is -0.810. The Labute approximate surface area is 148 Å². The SMILES string of the molecule is CCN(CC(=O)O)C1CCN(C(C)c2ccc(Cl)cc2Cl)CC1. The van der Waals surface area contributed by atoms with Gasteiger partial charge in [-0.3, -0.25) is 14.6 Å². The summed E-state index contributed by atoms with van der Waals surface area (Å²) in [6.45, 7) is 6.97. The molecule has 1 unspecified atom stereocenters. The van der Waals surface area contributed by atoms with Crippen molar-refractivity contribution in [3.05, 3.63) is 33.8 Å². The number of hydrogen-bond acceptors (Lipinski definition) is 3. The number of carboxylic acid groups (broad SMARTS) is 1. The smallest absolute Gasteiger partial charge is 0.317 e. The number of halogens is 2. The van der Waals surface area contributed by atoms with Crippen LogP contribution in [0.2, 0.25) is 10.0 Å². The van der Waals surface area contributed by atoms with E-state index in [0.717, 1.165) is 38.0 Å². The molecule has 0 radical (unpaired) electrons. The van der Waals surface area contributed by atoms with Gasteiger partial charge in [0, 0.05) is 35.2 Å². The van der Waals surface area contributed by atoms with Gasteiger partial charge >= 0.3 is 5.97 Å². The molecule has 1 saturated heterocycles. The van der Waals surface area contributed by atoms with E-state index in [2.05, 4.69) is 16.7 Å². The molecule has 1 heterocycles. The maximum absolute atomic E-state index is 11.0. The maximum Gasteiger partial charge on any atom is 0.317 e. The molecule has 0 amide bonds. The quantitative estimate of drug-likeness (QED) is 0.836. The molecule has 128 valence electrons. The standard InChI is InChI=1S/C17H24Cl2N2O2/c1-3-20(11-17(22)23)14-6-8-21(9-7-14)12(2)15-5-4-13(18)10-16(15)19/h4-5,10,12,14H,3,6-9,11H2,1-2H3,(H,22,23). The van der Waals surface area contributed by atoms with E-state index in [1.54, 1.807) is 6.07 Å². The summed E-state index contributed by atoms with van der Waals surface area (Å²) >= 11 is 12.3. The molecule has 1 aliphatic heterocycles. The molecule has 1 aromatic rings. The molecule has 2 rings (SSSR count). The van der Waals surface area contributed by atoms with Crippen LogP contribution < -0.4 is 0 Å². The van der Waals surface area contributed by atoms with Crippen LogP contribution in [0, 0.1) is 0 Å². The number of rotatable bonds is 6. The molecular formula is C17H24Cl2N2O2. The van der Waals surface area contributed by atoms with Crippen LogP contribution in [0.3, 0.4) is 0 Å². The lowest BCUT2D eigenvalue weighted by Crippen LogP contribution is -2.47. The molecule has 4 nitrogen and oxygen atoms in total. The lowest BCUT2D eigenvalue weighted by Gasteiger charge is -2.40. The van der Waals surface area contributed by atoms with Crippen molar-refractivity contribution in [2.45, 2.75) is 38.8 Å². The minimum atomic E-state index is -0.754. The van der Waals surface area contributed by atoms with Gasteiger partial charge in [0.15, 0.2) is 0 Å². The monoisotopic (exact) mass is 358 g/mol. The first-order valence-electron chi connectivity index (χ1n) is 8.07. The second-order valence-corrected chi connectivity index (χ2v) is 6.91. The van der Waals surface area contributed by atoms with Gasteiger partial charge in [-0.15, -0.1) is 0 Å². The summed E-state index contributed by atoms with van der Waals surface area (Å²) < 4.78 is 0. The highest BCUT2D eigenvalue weighted by atomic mass is 35.5. The highest BCUT2D eigenvalue weighted by molar-refractivity contribution is 6.35. The zero-order chi connectivity index (χ0) is 17.0. The fourth-order valence-corrected chi connectivity index (χ4v) is 3.91. The van der Waals surface area contributed by atoms with E-state index < -0.39 is 5.97 Å². The fourth-order valence-electron chi connectivity index (χ4n) is 3.35. The molecule has 0 bridgehead atoms. The molecule has 0 spiro atoms. The molecule has 0 aromatic heterocycles. The summed E-state index contributed by atoms with van der Waals surface area (Å²) in [7, 11) is 0. The highest BCUT2D eigenvalue weighted by Gasteiger charge is 2.28. The number of likely N-dealkylation sites (tertiary alicyclic amines) is 1. The zero-order valence-electron chi connectivity index (χ0n) is 13.6. The topological polar surface area (TPSA) is 43.8 Å². The predicted octanol–water partition coefficient (Wildman–Crippen LogP) is 3.93. The third kappa shape index (κ3) is 4.83. The van der Waals surface area contributed by atoms with E-state index in [-0.39, 0.29) is 12.6 Å². The van der Waals surface area contributed by atoms with Crippen LogP contribution in [0.4, 0.5) is 0 Å². The maximum atomic E-state index is 11.0. The van der Waals surface area contributed by atoms with E-state index in [0.29, 0.717) is 16.1 Å². The molecule has 6 heteroatoms. The van der Waals surface area contributed by atoms with Gasteiger partial charge in [0.05, 0.1) is 6.54 Å². The number of hydrogen-bond donors (Lipinski definition) is 1. The van der Waals surface area contributed by atoms with Crippen molar-refractivity contribution in [2.75, 3.05) is 26.2 Å². The number of benzene rings is 1. The van der Waals surface area contributed by atoms with E-state index in [1.165, 1.54) is 0 Å². The van der Waals surface area contributed by atoms with Gasteiger partial charge in [-0.1, -0.05) is 36.2 Å². The van der Waals surface area contributed by atoms with Crippen molar-refractivity contribution in [3.8, 4) is 0 Å². The molecule has 23 heavy (non-hydrogen) atoms. The third-order valence-electron chi connectivity index (χ3n) is 4.72. The lowest BCUT2D eigenvalue weighted by atomic mass is 9.99. The summed E-state index contributed by atoms with van der Waals surface area (Å²) in [4.78, 5) is 15.4. The number of aliphatic carboxylic acids is 1. The second kappa shape index (κ2) is 8.34. The number of carboxylic acids is 1. The highest BCUT2D eigenvalue weighted by Crippen LogP contribution is 2.31. The number of carbonyl (C=O) groups is 1. The summed E-state index contributed by atoms with van der Waals surface area (Å²) in [5.41, 5.74) is 1.09. The number of likely N-dealkylation sites (N-methyl/N-ethyl adjacent to an activating group) is 1. The average molecular weight is 359 g/mol. The van der Waals surface area contributed by atoms with Crippen molar-refractivity contribution < 1.29 is 9.90 Å². The summed E-state index contributed by atoms with van der Waals surface area (Å²) in [5, 5.41) is 10.4. The Morgan fingerprint density at radius 3 is 2.57 bits per heavy atom. The summed E-state index contributed by atoms with van der Waals surface area (Å²) in [6.07, 6.45) is 1.97. The van der Waals surface area contributed by atoms with E-state index in [1.807, 2.05) is 19.1 Å². The first kappa shape index (κ1) is 18.5. The largest absolute Gasteiger partial charge is 0.480 e. The normalized spacial score (nSPS) is 18.3. The van der Waals surface area contributed by atoms with Gasteiger partial charge < -0.3 is 5.11 Å². The van der Waals surface area contributed by atoms with Gasteiger partial charge in [-0.05, 0) is 44.0 Å². The molecular weight excluding hydrogens is 335 g/mol. The average Bonchev–Trinajstić information content (AvgIpc) is 2.52. The third-order valence-corrected chi connectivity index (χ3v) is 5.28. The van der Waals surface area contributed by atoms with Gasteiger partial charge in [-0.25, -0.2) is 0 Å². The first-order chi connectivity index (χ1) is 10.9. The summed E-state index contributed by atoms with van der Waals surface area (Å²) in [6, 6.07) is 6.23. The molecule has 1 N–H and O–H groups in total. The fraction of sp³-hybridized carbons (Fsp3) is 0.588. The molecule has 1 aromatic carbocycles. The lowest BCUT2D eigenvalue weighted by molar-refractivity contribution is -0.139. The van der Waals surface area contributed by atoms with Crippen LogP contribution in [0.25, 0.3) is 0 Å². The van der Waals surface area contributed by atoms with Crippen molar-refractivity contribution in [1.82, 2.24) is 9.80 Å². The van der Waals surface area contributed by atoms with Crippen molar-refractivity contribution >= 4 is 29.2 Å². The van der Waals surface area contributed by atoms with Crippen LogP contribution in [0.15, 0.2) is 18.2 Å². The zero-order valence-corrected chi connectivity index (χ0v) is 15.1. The van der Waals surface area contributed by atoms with Crippen molar-refractivity contribution in [2.24, 2.45) is 0 Å². The van der Waals surface area contributed by atoms with Gasteiger partial charge in [0.2, 0.25) is 0 Å². The van der Waals surface area contributed by atoms with Gasteiger partial charge in [-0.2, -0.15) is 0 Å². The van der Waals surface area contributed by atoms with Gasteiger partial charge in [0.1, 0.15) is 0 Å². The Kier molecular flexibility index (Phi) is 6.72. The Balaban J connectivity index is 1.96. The van der Waals surface area contributed by atoms with Gasteiger partial charge in [0.25, 0.3) is 0 Å². The Morgan fingerprint density at radius 1 is 1.39 bits per heavy atom. The van der Waals surface area contributed by atoms with Crippen LogP contribution in [0.5, 0.6) is 0 Å². The second-order valence-electron chi connectivity index (χ2n) is 6.07. The van der Waals surface area contributed by atoms with Crippen LogP contribution >= 0.6 is 23.2 Å². The molecule has 1 aliphatic rings. The van der Waals surface area contributed by atoms with Crippen molar-refractivity contribution in [1.29, 1.82) is 0 Å². The predicted molar refractivity (Wildman–Crippen MR) is 94.4 cm³/mol. The molecule has 1 fully saturated rings. The van der Waals surface area contributed by atoms with Crippen molar-refractivity contribution in [3.63, 3.8) is 0 Å². The Morgan fingerprint density at radius 2 is 2.04 bits per heavy atom.